The van der Waals surface area contributed by atoms with E-state index in [9.17, 15) is 9.90 Å². The summed E-state index contributed by atoms with van der Waals surface area (Å²) in [5.74, 6) is 0.317. The number of nitrogens with zero attached hydrogens (tertiary/aromatic N) is 1. The van der Waals surface area contributed by atoms with Crippen molar-refractivity contribution in [3.05, 3.63) is 22.1 Å². The lowest BCUT2D eigenvalue weighted by molar-refractivity contribution is 0.128. The standard InChI is InChI=1S/C11H18N2O2/c1-7(2)8-6-11(15)13(12-8)9-4-3-5-10(9)14/h6-7,9-10,12,14H,3-5H2,1-2H3. The monoisotopic (exact) mass is 210 g/mol. The highest BCUT2D eigenvalue weighted by molar-refractivity contribution is 5.05. The van der Waals surface area contributed by atoms with Gasteiger partial charge in [0, 0.05) is 11.8 Å². The second-order valence-electron chi connectivity index (χ2n) is 4.64. The molecule has 1 saturated carbocycles. The van der Waals surface area contributed by atoms with Crippen LogP contribution in [-0.4, -0.2) is 21.0 Å². The molecule has 0 spiro atoms. The molecule has 2 atom stereocenters. The number of aliphatic hydroxyl groups is 1. The summed E-state index contributed by atoms with van der Waals surface area (Å²) in [7, 11) is 0. The normalized spacial score (nSPS) is 26.4. The Morgan fingerprint density at radius 1 is 1.53 bits per heavy atom. The van der Waals surface area contributed by atoms with Crippen molar-refractivity contribution in [3.8, 4) is 0 Å². The second-order valence-corrected chi connectivity index (χ2v) is 4.64. The van der Waals surface area contributed by atoms with Crippen molar-refractivity contribution >= 4 is 0 Å². The maximum Gasteiger partial charge on any atom is 0.267 e. The smallest absolute Gasteiger partial charge is 0.267 e. The lowest BCUT2D eigenvalue weighted by Crippen LogP contribution is -2.27. The Hall–Kier alpha value is -1.03. The first-order valence-electron chi connectivity index (χ1n) is 5.59. The molecular weight excluding hydrogens is 192 g/mol. The Balaban J connectivity index is 2.32. The molecule has 2 unspecified atom stereocenters. The van der Waals surface area contributed by atoms with E-state index in [1.54, 1.807) is 10.7 Å². The highest BCUT2D eigenvalue weighted by Crippen LogP contribution is 2.28. The first-order chi connectivity index (χ1) is 7.09. The van der Waals surface area contributed by atoms with Gasteiger partial charge in [-0.05, 0) is 25.2 Å². The number of H-pyrrole nitrogens is 1. The van der Waals surface area contributed by atoms with Gasteiger partial charge in [-0.25, -0.2) is 4.68 Å². The van der Waals surface area contributed by atoms with Gasteiger partial charge >= 0.3 is 0 Å². The third kappa shape index (κ3) is 1.86. The van der Waals surface area contributed by atoms with Crippen LogP contribution in [0.3, 0.4) is 0 Å². The zero-order chi connectivity index (χ0) is 11.0. The van der Waals surface area contributed by atoms with Crippen LogP contribution < -0.4 is 5.56 Å². The fourth-order valence-corrected chi connectivity index (χ4v) is 2.19. The van der Waals surface area contributed by atoms with Crippen LogP contribution >= 0.6 is 0 Å². The van der Waals surface area contributed by atoms with E-state index in [-0.39, 0.29) is 17.7 Å². The minimum absolute atomic E-state index is 0.0235. The molecule has 0 radical (unpaired) electrons. The zero-order valence-electron chi connectivity index (χ0n) is 9.23. The minimum Gasteiger partial charge on any atom is -0.391 e. The molecule has 4 nitrogen and oxygen atoms in total. The minimum atomic E-state index is -0.374. The average Bonchev–Trinajstić information content (AvgIpc) is 2.71. The number of aromatic amines is 1. The highest BCUT2D eigenvalue weighted by Gasteiger charge is 2.28. The summed E-state index contributed by atoms with van der Waals surface area (Å²) in [5.41, 5.74) is 0.920. The van der Waals surface area contributed by atoms with E-state index in [2.05, 4.69) is 5.10 Å². The van der Waals surface area contributed by atoms with Crippen molar-refractivity contribution in [2.24, 2.45) is 0 Å². The predicted octanol–water partition coefficient (Wildman–Crippen LogP) is 1.39. The van der Waals surface area contributed by atoms with Gasteiger partial charge in [-0.15, -0.1) is 0 Å². The number of hydrogen-bond acceptors (Lipinski definition) is 2. The van der Waals surface area contributed by atoms with Gasteiger partial charge in [-0.1, -0.05) is 13.8 Å². The molecule has 84 valence electrons. The second kappa shape index (κ2) is 3.85. The quantitative estimate of drug-likeness (QED) is 0.775. The number of aromatic nitrogens is 2. The number of rotatable bonds is 2. The molecule has 15 heavy (non-hydrogen) atoms. The summed E-state index contributed by atoms with van der Waals surface area (Å²) >= 11 is 0. The van der Waals surface area contributed by atoms with E-state index in [1.807, 2.05) is 13.8 Å². The summed E-state index contributed by atoms with van der Waals surface area (Å²) in [6.07, 6.45) is 2.31. The van der Waals surface area contributed by atoms with Crippen LogP contribution in [0.4, 0.5) is 0 Å². The maximum atomic E-state index is 11.7. The van der Waals surface area contributed by atoms with Crippen LogP contribution in [0.2, 0.25) is 0 Å². The molecule has 1 heterocycles. The van der Waals surface area contributed by atoms with Crippen LogP contribution in [0, 0.1) is 0 Å². The zero-order valence-corrected chi connectivity index (χ0v) is 9.23. The predicted molar refractivity (Wildman–Crippen MR) is 58.0 cm³/mol. The molecular formula is C11H18N2O2. The molecule has 0 bridgehead atoms. The van der Waals surface area contributed by atoms with Crippen molar-refractivity contribution in [1.29, 1.82) is 0 Å². The van der Waals surface area contributed by atoms with Gasteiger partial charge in [-0.3, -0.25) is 9.89 Å². The van der Waals surface area contributed by atoms with Crippen molar-refractivity contribution in [2.45, 2.75) is 51.2 Å². The van der Waals surface area contributed by atoms with Gasteiger partial charge in [0.2, 0.25) is 0 Å². The van der Waals surface area contributed by atoms with Gasteiger partial charge in [0.15, 0.2) is 0 Å². The molecule has 1 aromatic rings. The van der Waals surface area contributed by atoms with Crippen LogP contribution in [0.25, 0.3) is 0 Å². The topological polar surface area (TPSA) is 58.0 Å². The van der Waals surface area contributed by atoms with Crippen molar-refractivity contribution < 1.29 is 5.11 Å². The number of nitrogens with one attached hydrogen (secondary N) is 1. The van der Waals surface area contributed by atoms with Crippen LogP contribution in [-0.2, 0) is 0 Å². The third-order valence-corrected chi connectivity index (χ3v) is 3.16. The average molecular weight is 210 g/mol. The van der Waals surface area contributed by atoms with Gasteiger partial charge in [0.25, 0.3) is 5.56 Å². The maximum absolute atomic E-state index is 11.7. The molecule has 0 aromatic carbocycles. The van der Waals surface area contributed by atoms with E-state index in [0.29, 0.717) is 5.92 Å². The Kier molecular flexibility index (Phi) is 2.69. The first-order valence-corrected chi connectivity index (χ1v) is 5.59. The van der Waals surface area contributed by atoms with Gasteiger partial charge < -0.3 is 5.11 Å². The van der Waals surface area contributed by atoms with Crippen LogP contribution in [0.15, 0.2) is 10.9 Å². The van der Waals surface area contributed by atoms with Crippen molar-refractivity contribution in [2.75, 3.05) is 0 Å². The molecule has 1 aliphatic carbocycles. The summed E-state index contributed by atoms with van der Waals surface area (Å²) < 4.78 is 1.59. The van der Waals surface area contributed by atoms with Gasteiger partial charge in [0.05, 0.1) is 12.1 Å². The van der Waals surface area contributed by atoms with Crippen LogP contribution in [0.5, 0.6) is 0 Å². The largest absolute Gasteiger partial charge is 0.391 e. The fourth-order valence-electron chi connectivity index (χ4n) is 2.19. The molecule has 0 amide bonds. The molecule has 1 aromatic heterocycles. The Morgan fingerprint density at radius 2 is 2.27 bits per heavy atom. The molecule has 4 heteroatoms. The molecule has 0 saturated heterocycles. The van der Waals surface area contributed by atoms with E-state index in [0.717, 1.165) is 25.0 Å². The molecule has 0 aliphatic heterocycles. The number of aliphatic hydroxyl groups excluding tert-OH is 1. The van der Waals surface area contributed by atoms with Crippen LogP contribution in [0.1, 0.15) is 50.8 Å². The summed E-state index contributed by atoms with van der Waals surface area (Å²) in [6.45, 7) is 4.08. The lowest BCUT2D eigenvalue weighted by atomic mass is 10.1. The Bertz CT molecular complexity index is 392. The Labute approximate surface area is 88.9 Å². The van der Waals surface area contributed by atoms with E-state index < -0.39 is 0 Å². The molecule has 2 N–H and O–H groups in total. The molecule has 2 rings (SSSR count). The van der Waals surface area contributed by atoms with E-state index >= 15 is 0 Å². The number of hydrogen-bond donors (Lipinski definition) is 2. The van der Waals surface area contributed by atoms with E-state index in [1.165, 1.54) is 0 Å². The van der Waals surface area contributed by atoms with Gasteiger partial charge in [-0.2, -0.15) is 0 Å². The van der Waals surface area contributed by atoms with E-state index in [4.69, 9.17) is 0 Å². The summed E-state index contributed by atoms with van der Waals surface area (Å²) in [6, 6.07) is 1.58. The SMILES string of the molecule is CC(C)c1cc(=O)n(C2CCCC2O)[nH]1. The fraction of sp³-hybridized carbons (Fsp3) is 0.727. The molecule has 1 aliphatic rings. The van der Waals surface area contributed by atoms with Crippen molar-refractivity contribution in [1.82, 2.24) is 9.78 Å². The van der Waals surface area contributed by atoms with Gasteiger partial charge in [0.1, 0.15) is 0 Å². The Morgan fingerprint density at radius 3 is 2.73 bits per heavy atom. The summed E-state index contributed by atoms with van der Waals surface area (Å²) in [5, 5.41) is 12.8. The molecule has 1 fully saturated rings. The highest BCUT2D eigenvalue weighted by atomic mass is 16.3. The van der Waals surface area contributed by atoms with Crippen molar-refractivity contribution in [3.63, 3.8) is 0 Å². The first kappa shape index (κ1) is 10.5. The summed E-state index contributed by atoms with van der Waals surface area (Å²) in [4.78, 5) is 11.7. The lowest BCUT2D eigenvalue weighted by Gasteiger charge is -2.15. The third-order valence-electron chi connectivity index (χ3n) is 3.16.